The van der Waals surface area contributed by atoms with Crippen LogP contribution >= 0.6 is 0 Å². The van der Waals surface area contributed by atoms with Gasteiger partial charge < -0.3 is 15.2 Å². The SMILES string of the molecule is O=[N+]([O-])c1ccc(OC[C@H](O)C[NH2+]C2CCCC2)cc1. The molecule has 0 spiro atoms. The van der Waals surface area contributed by atoms with Crippen molar-refractivity contribution in [1.29, 1.82) is 0 Å². The van der Waals surface area contributed by atoms with Crippen LogP contribution in [0.15, 0.2) is 24.3 Å². The largest absolute Gasteiger partial charge is 0.491 e. The van der Waals surface area contributed by atoms with E-state index >= 15 is 0 Å². The fourth-order valence-corrected chi connectivity index (χ4v) is 2.47. The van der Waals surface area contributed by atoms with Crippen molar-refractivity contribution in [3.8, 4) is 5.75 Å². The first-order valence-electron chi connectivity index (χ1n) is 7.04. The number of benzene rings is 1. The van der Waals surface area contributed by atoms with E-state index in [1.54, 1.807) is 12.1 Å². The zero-order valence-corrected chi connectivity index (χ0v) is 11.4. The van der Waals surface area contributed by atoms with Crippen LogP contribution < -0.4 is 10.1 Å². The van der Waals surface area contributed by atoms with Gasteiger partial charge in [-0.2, -0.15) is 0 Å². The minimum absolute atomic E-state index is 0.0347. The second-order valence-electron chi connectivity index (χ2n) is 5.23. The van der Waals surface area contributed by atoms with Crippen LogP contribution in [0.25, 0.3) is 0 Å². The highest BCUT2D eigenvalue weighted by Crippen LogP contribution is 2.17. The molecule has 6 nitrogen and oxygen atoms in total. The molecule has 2 rings (SSSR count). The lowest BCUT2D eigenvalue weighted by atomic mass is 10.2. The van der Waals surface area contributed by atoms with Crippen LogP contribution in [0.4, 0.5) is 5.69 Å². The molecular weight excluding hydrogens is 260 g/mol. The normalized spacial score (nSPS) is 17.1. The predicted molar refractivity (Wildman–Crippen MR) is 73.6 cm³/mol. The highest BCUT2D eigenvalue weighted by Gasteiger charge is 2.19. The second-order valence-corrected chi connectivity index (χ2v) is 5.23. The number of nitrogens with two attached hydrogens (primary N) is 1. The van der Waals surface area contributed by atoms with E-state index in [2.05, 4.69) is 5.32 Å². The molecule has 0 saturated heterocycles. The summed E-state index contributed by atoms with van der Waals surface area (Å²) in [6.45, 7) is 0.846. The maximum absolute atomic E-state index is 10.5. The molecular formula is C14H21N2O4+. The molecule has 0 unspecified atom stereocenters. The predicted octanol–water partition coefficient (Wildman–Crippen LogP) is 0.840. The van der Waals surface area contributed by atoms with Crippen molar-refractivity contribution in [2.24, 2.45) is 0 Å². The fraction of sp³-hybridized carbons (Fsp3) is 0.571. The summed E-state index contributed by atoms with van der Waals surface area (Å²) in [6, 6.07) is 6.53. The molecule has 110 valence electrons. The minimum Gasteiger partial charge on any atom is -0.491 e. The molecule has 0 radical (unpaired) electrons. The Bertz CT molecular complexity index is 429. The number of aliphatic hydroxyl groups excluding tert-OH is 1. The van der Waals surface area contributed by atoms with Crippen LogP contribution in [0.1, 0.15) is 25.7 Å². The molecule has 0 heterocycles. The summed E-state index contributed by atoms with van der Waals surface area (Å²) in [5, 5.41) is 22.6. The van der Waals surface area contributed by atoms with Gasteiger partial charge in [-0.1, -0.05) is 0 Å². The lowest BCUT2D eigenvalue weighted by molar-refractivity contribution is -0.693. The smallest absolute Gasteiger partial charge is 0.269 e. The Labute approximate surface area is 117 Å². The number of ether oxygens (including phenoxy) is 1. The fourth-order valence-electron chi connectivity index (χ4n) is 2.47. The molecule has 1 atom stereocenters. The Kier molecular flexibility index (Phi) is 5.31. The Hall–Kier alpha value is -1.66. The van der Waals surface area contributed by atoms with Crippen LogP contribution in [0.3, 0.4) is 0 Å². The van der Waals surface area contributed by atoms with Crippen molar-refractivity contribution in [1.82, 2.24) is 0 Å². The van der Waals surface area contributed by atoms with Crippen molar-refractivity contribution in [3.63, 3.8) is 0 Å². The van der Waals surface area contributed by atoms with E-state index in [-0.39, 0.29) is 12.3 Å². The van der Waals surface area contributed by atoms with E-state index in [0.29, 0.717) is 18.3 Å². The average molecular weight is 281 g/mol. The van der Waals surface area contributed by atoms with Gasteiger partial charge in [0.15, 0.2) is 0 Å². The van der Waals surface area contributed by atoms with Crippen molar-refractivity contribution >= 4 is 5.69 Å². The first kappa shape index (κ1) is 14.7. The van der Waals surface area contributed by atoms with Gasteiger partial charge in [0.05, 0.1) is 11.0 Å². The number of nitrogens with zero attached hydrogens (tertiary/aromatic N) is 1. The summed E-state index contributed by atoms with van der Waals surface area (Å²) in [5.41, 5.74) is 0.0347. The number of hydrogen-bond donors (Lipinski definition) is 2. The monoisotopic (exact) mass is 281 g/mol. The van der Waals surface area contributed by atoms with Gasteiger partial charge in [0.25, 0.3) is 5.69 Å². The summed E-state index contributed by atoms with van der Waals surface area (Å²) in [4.78, 5) is 10.1. The van der Waals surface area contributed by atoms with E-state index in [1.807, 2.05) is 0 Å². The molecule has 0 amide bonds. The van der Waals surface area contributed by atoms with E-state index < -0.39 is 11.0 Å². The molecule has 20 heavy (non-hydrogen) atoms. The van der Waals surface area contributed by atoms with Gasteiger partial charge >= 0.3 is 0 Å². The molecule has 1 aliphatic rings. The third-order valence-electron chi connectivity index (χ3n) is 3.63. The maximum atomic E-state index is 10.5. The van der Waals surface area contributed by atoms with Crippen LogP contribution in [-0.2, 0) is 0 Å². The second kappa shape index (κ2) is 7.21. The summed E-state index contributed by atoms with van der Waals surface area (Å²) in [5.74, 6) is 0.538. The molecule has 1 aliphatic carbocycles. The van der Waals surface area contributed by atoms with E-state index in [1.165, 1.54) is 37.8 Å². The summed E-state index contributed by atoms with van der Waals surface area (Å²) >= 11 is 0. The van der Waals surface area contributed by atoms with Crippen LogP contribution in [-0.4, -0.2) is 35.3 Å². The Balaban J connectivity index is 1.69. The van der Waals surface area contributed by atoms with Crippen LogP contribution in [0.5, 0.6) is 5.75 Å². The number of hydrogen-bond acceptors (Lipinski definition) is 4. The Morgan fingerprint density at radius 2 is 2.00 bits per heavy atom. The number of nitro benzene ring substituents is 1. The van der Waals surface area contributed by atoms with Gasteiger partial charge in [-0.25, -0.2) is 0 Å². The first-order valence-corrected chi connectivity index (χ1v) is 7.04. The van der Waals surface area contributed by atoms with Gasteiger partial charge in [0.1, 0.15) is 25.0 Å². The minimum atomic E-state index is -0.522. The molecule has 3 N–H and O–H groups in total. The number of rotatable bonds is 7. The van der Waals surface area contributed by atoms with Gasteiger partial charge in [0.2, 0.25) is 0 Å². The topological polar surface area (TPSA) is 89.2 Å². The molecule has 0 bridgehead atoms. The highest BCUT2D eigenvalue weighted by atomic mass is 16.6. The number of quaternary nitrogens is 1. The van der Waals surface area contributed by atoms with Crippen molar-refractivity contribution in [2.45, 2.75) is 37.8 Å². The number of aliphatic hydroxyl groups is 1. The summed E-state index contributed by atoms with van der Waals surface area (Å²) < 4.78 is 5.43. The number of nitro groups is 1. The van der Waals surface area contributed by atoms with E-state index in [9.17, 15) is 15.2 Å². The highest BCUT2D eigenvalue weighted by molar-refractivity contribution is 5.35. The standard InChI is InChI=1S/C14H20N2O4/c17-13(9-15-11-3-1-2-4-11)10-20-14-7-5-12(6-8-14)16(18)19/h5-8,11,13,15,17H,1-4,9-10H2/p+1/t13-/m1/s1. The van der Waals surface area contributed by atoms with Gasteiger partial charge in [-0.15, -0.1) is 0 Å². The molecule has 1 aromatic rings. The van der Waals surface area contributed by atoms with Gasteiger partial charge in [-0.05, 0) is 37.8 Å². The lowest BCUT2D eigenvalue weighted by Crippen LogP contribution is -2.91. The quantitative estimate of drug-likeness (QED) is 0.572. The zero-order chi connectivity index (χ0) is 14.4. The molecule has 1 saturated carbocycles. The molecule has 1 aromatic carbocycles. The molecule has 0 aromatic heterocycles. The summed E-state index contributed by atoms with van der Waals surface area (Å²) in [6.07, 6.45) is 4.52. The van der Waals surface area contributed by atoms with Gasteiger partial charge in [-0.3, -0.25) is 10.1 Å². The van der Waals surface area contributed by atoms with Crippen LogP contribution in [0.2, 0.25) is 0 Å². The van der Waals surface area contributed by atoms with Gasteiger partial charge in [0, 0.05) is 12.1 Å². The Morgan fingerprint density at radius 3 is 2.60 bits per heavy atom. The summed E-state index contributed by atoms with van der Waals surface area (Å²) in [7, 11) is 0. The molecule has 0 aliphatic heterocycles. The van der Waals surface area contributed by atoms with E-state index in [0.717, 1.165) is 0 Å². The van der Waals surface area contributed by atoms with Crippen LogP contribution in [0, 0.1) is 10.1 Å². The maximum Gasteiger partial charge on any atom is 0.269 e. The average Bonchev–Trinajstić information content (AvgIpc) is 2.96. The molecule has 1 fully saturated rings. The van der Waals surface area contributed by atoms with Crippen molar-refractivity contribution in [3.05, 3.63) is 34.4 Å². The third-order valence-corrected chi connectivity index (χ3v) is 3.63. The lowest BCUT2D eigenvalue weighted by Gasteiger charge is -2.14. The van der Waals surface area contributed by atoms with Crippen molar-refractivity contribution in [2.75, 3.05) is 13.2 Å². The van der Waals surface area contributed by atoms with E-state index in [4.69, 9.17) is 4.74 Å². The zero-order valence-electron chi connectivity index (χ0n) is 11.4. The van der Waals surface area contributed by atoms with Crippen molar-refractivity contribution < 1.29 is 20.1 Å². The molecule has 6 heteroatoms. The Morgan fingerprint density at radius 1 is 1.35 bits per heavy atom. The number of non-ortho nitro benzene ring substituents is 1. The first-order chi connectivity index (χ1) is 9.65. The third kappa shape index (κ3) is 4.47.